The van der Waals surface area contributed by atoms with E-state index in [4.69, 9.17) is 5.73 Å². The van der Waals surface area contributed by atoms with Gasteiger partial charge < -0.3 is 10.6 Å². The van der Waals surface area contributed by atoms with Crippen LogP contribution in [0.2, 0.25) is 0 Å². The minimum atomic E-state index is 0.710. The third-order valence-electron chi connectivity index (χ3n) is 3.07. The first-order chi connectivity index (χ1) is 9.25. The second kappa shape index (κ2) is 4.85. The van der Waals surface area contributed by atoms with Crippen molar-refractivity contribution >= 4 is 33.6 Å². The Kier molecular flexibility index (Phi) is 3.05. The van der Waals surface area contributed by atoms with Crippen molar-refractivity contribution in [1.29, 1.82) is 0 Å². The smallest absolute Gasteiger partial charge is 0.0951 e. The highest BCUT2D eigenvalue weighted by molar-refractivity contribution is 7.07. The van der Waals surface area contributed by atoms with Crippen LogP contribution in [0.25, 0.3) is 10.9 Å². The number of benzene rings is 1. The normalized spacial score (nSPS) is 10.8. The largest absolute Gasteiger partial charge is 0.397 e. The number of hydrogen-bond donors (Lipinski definition) is 1. The highest BCUT2D eigenvalue weighted by Crippen LogP contribution is 2.29. The Bertz CT molecular complexity index is 694. The first-order valence-corrected chi connectivity index (χ1v) is 6.91. The number of rotatable bonds is 3. The first-order valence-electron chi connectivity index (χ1n) is 5.97. The zero-order valence-electron chi connectivity index (χ0n) is 10.6. The first kappa shape index (κ1) is 11.9. The monoisotopic (exact) mass is 270 g/mol. The van der Waals surface area contributed by atoms with E-state index in [-0.39, 0.29) is 0 Å². The van der Waals surface area contributed by atoms with E-state index in [1.807, 2.05) is 29.8 Å². The lowest BCUT2D eigenvalue weighted by molar-refractivity contribution is 0.899. The second-order valence-electron chi connectivity index (χ2n) is 4.41. The van der Waals surface area contributed by atoms with Crippen LogP contribution in [0, 0.1) is 0 Å². The standard InChI is InChI=1S/C14H14N4S/c1-18(7-10-8-19-9-17-10)13-5-4-12(15)14-11(13)3-2-6-16-14/h2-6,8-9H,7,15H2,1H3. The molecule has 0 amide bonds. The molecule has 0 atom stereocenters. The van der Waals surface area contributed by atoms with Crippen LogP contribution in [0.4, 0.5) is 11.4 Å². The number of nitrogens with two attached hydrogens (primary N) is 1. The molecule has 0 bridgehead atoms. The molecule has 96 valence electrons. The fraction of sp³-hybridized carbons (Fsp3) is 0.143. The van der Waals surface area contributed by atoms with Gasteiger partial charge >= 0.3 is 0 Å². The third-order valence-corrected chi connectivity index (χ3v) is 3.71. The molecule has 0 aliphatic carbocycles. The number of pyridine rings is 1. The Labute approximate surface area is 115 Å². The van der Waals surface area contributed by atoms with Gasteiger partial charge in [-0.2, -0.15) is 0 Å². The fourth-order valence-electron chi connectivity index (χ4n) is 2.16. The molecule has 19 heavy (non-hydrogen) atoms. The average Bonchev–Trinajstić information content (AvgIpc) is 2.92. The highest BCUT2D eigenvalue weighted by Gasteiger charge is 2.09. The van der Waals surface area contributed by atoms with Gasteiger partial charge in [0.15, 0.2) is 0 Å². The molecule has 0 fully saturated rings. The van der Waals surface area contributed by atoms with Crippen LogP contribution in [-0.4, -0.2) is 17.0 Å². The summed E-state index contributed by atoms with van der Waals surface area (Å²) in [5, 5.41) is 3.13. The summed E-state index contributed by atoms with van der Waals surface area (Å²) in [5.41, 5.74) is 11.6. The average molecular weight is 270 g/mol. The molecule has 1 aromatic carbocycles. The van der Waals surface area contributed by atoms with E-state index in [9.17, 15) is 0 Å². The van der Waals surface area contributed by atoms with Gasteiger partial charge in [-0.1, -0.05) is 0 Å². The maximum Gasteiger partial charge on any atom is 0.0951 e. The van der Waals surface area contributed by atoms with Crippen molar-refractivity contribution in [2.45, 2.75) is 6.54 Å². The quantitative estimate of drug-likeness (QED) is 0.743. The number of anilines is 2. The molecule has 0 unspecified atom stereocenters. The van der Waals surface area contributed by atoms with E-state index in [1.54, 1.807) is 17.5 Å². The molecule has 3 aromatic rings. The molecule has 2 aromatic heterocycles. The van der Waals surface area contributed by atoms with Crippen molar-refractivity contribution in [2.24, 2.45) is 0 Å². The maximum absolute atomic E-state index is 5.97. The van der Waals surface area contributed by atoms with E-state index < -0.39 is 0 Å². The lowest BCUT2D eigenvalue weighted by atomic mass is 10.1. The van der Waals surface area contributed by atoms with Gasteiger partial charge in [0.05, 0.1) is 29.0 Å². The van der Waals surface area contributed by atoms with Gasteiger partial charge in [0, 0.05) is 29.7 Å². The Morgan fingerprint density at radius 1 is 1.26 bits per heavy atom. The number of hydrogen-bond acceptors (Lipinski definition) is 5. The fourth-order valence-corrected chi connectivity index (χ4v) is 2.71. The summed E-state index contributed by atoms with van der Waals surface area (Å²) in [6, 6.07) is 7.92. The van der Waals surface area contributed by atoms with Crippen molar-refractivity contribution in [3.05, 3.63) is 47.0 Å². The van der Waals surface area contributed by atoms with Crippen LogP contribution >= 0.6 is 11.3 Å². The van der Waals surface area contributed by atoms with Crippen LogP contribution in [-0.2, 0) is 6.54 Å². The molecule has 0 aliphatic rings. The van der Waals surface area contributed by atoms with Gasteiger partial charge in [-0.15, -0.1) is 11.3 Å². The van der Waals surface area contributed by atoms with Crippen molar-refractivity contribution in [2.75, 3.05) is 17.7 Å². The molecule has 4 nitrogen and oxygen atoms in total. The predicted octanol–water partition coefficient (Wildman–Crippen LogP) is 2.91. The molecular weight excluding hydrogens is 256 g/mol. The number of nitrogen functional groups attached to an aromatic ring is 1. The van der Waals surface area contributed by atoms with E-state index >= 15 is 0 Å². The van der Waals surface area contributed by atoms with Crippen molar-refractivity contribution in [1.82, 2.24) is 9.97 Å². The lowest BCUT2D eigenvalue weighted by Gasteiger charge is -2.20. The number of fused-ring (bicyclic) bond motifs is 1. The molecular formula is C14H14N4S. The van der Waals surface area contributed by atoms with Crippen LogP contribution in [0.1, 0.15) is 5.69 Å². The summed E-state index contributed by atoms with van der Waals surface area (Å²) in [6.45, 7) is 0.775. The van der Waals surface area contributed by atoms with Crippen molar-refractivity contribution in [3.63, 3.8) is 0 Å². The Morgan fingerprint density at radius 3 is 2.95 bits per heavy atom. The van der Waals surface area contributed by atoms with Gasteiger partial charge in [-0.3, -0.25) is 4.98 Å². The lowest BCUT2D eigenvalue weighted by Crippen LogP contribution is -2.17. The summed E-state index contributed by atoms with van der Waals surface area (Å²) in [7, 11) is 2.05. The van der Waals surface area contributed by atoms with Crippen molar-refractivity contribution in [3.8, 4) is 0 Å². The molecule has 5 heteroatoms. The van der Waals surface area contributed by atoms with Crippen LogP contribution in [0.15, 0.2) is 41.4 Å². The Balaban J connectivity index is 2.03. The summed E-state index contributed by atoms with van der Waals surface area (Å²) < 4.78 is 0. The van der Waals surface area contributed by atoms with Gasteiger partial charge in [-0.05, 0) is 24.3 Å². The summed E-state index contributed by atoms with van der Waals surface area (Å²) in [6.07, 6.45) is 1.77. The number of thiazole rings is 1. The molecule has 0 aliphatic heterocycles. The third kappa shape index (κ3) is 2.24. The van der Waals surface area contributed by atoms with Crippen LogP contribution < -0.4 is 10.6 Å². The number of nitrogens with zero attached hydrogens (tertiary/aromatic N) is 3. The molecule has 2 heterocycles. The van der Waals surface area contributed by atoms with Gasteiger partial charge in [0.1, 0.15) is 0 Å². The minimum Gasteiger partial charge on any atom is -0.397 e. The molecule has 0 radical (unpaired) electrons. The molecule has 3 rings (SSSR count). The zero-order valence-corrected chi connectivity index (χ0v) is 11.4. The SMILES string of the molecule is CN(Cc1cscn1)c1ccc(N)c2ncccc12. The van der Waals surface area contributed by atoms with Crippen LogP contribution in [0.3, 0.4) is 0 Å². The summed E-state index contributed by atoms with van der Waals surface area (Å²) >= 11 is 1.61. The van der Waals surface area contributed by atoms with E-state index in [0.717, 1.165) is 28.8 Å². The molecule has 0 saturated carbocycles. The molecule has 2 N–H and O–H groups in total. The summed E-state index contributed by atoms with van der Waals surface area (Å²) in [5.74, 6) is 0. The highest BCUT2D eigenvalue weighted by atomic mass is 32.1. The van der Waals surface area contributed by atoms with E-state index in [0.29, 0.717) is 5.69 Å². The molecule has 0 saturated heterocycles. The van der Waals surface area contributed by atoms with Gasteiger partial charge in [-0.25, -0.2) is 4.98 Å². The van der Waals surface area contributed by atoms with E-state index in [2.05, 4.69) is 27.3 Å². The van der Waals surface area contributed by atoms with Gasteiger partial charge in [0.2, 0.25) is 0 Å². The zero-order chi connectivity index (χ0) is 13.2. The topological polar surface area (TPSA) is 55.0 Å². The van der Waals surface area contributed by atoms with Gasteiger partial charge in [0.25, 0.3) is 0 Å². The maximum atomic E-state index is 5.97. The summed E-state index contributed by atoms with van der Waals surface area (Å²) in [4.78, 5) is 10.8. The predicted molar refractivity (Wildman–Crippen MR) is 80.4 cm³/mol. The Hall–Kier alpha value is -2.14. The Morgan fingerprint density at radius 2 is 2.16 bits per heavy atom. The second-order valence-corrected chi connectivity index (χ2v) is 5.13. The van der Waals surface area contributed by atoms with Crippen molar-refractivity contribution < 1.29 is 0 Å². The minimum absolute atomic E-state index is 0.710. The van der Waals surface area contributed by atoms with E-state index in [1.165, 1.54) is 0 Å². The number of aromatic nitrogens is 2. The van der Waals surface area contributed by atoms with Crippen LogP contribution in [0.5, 0.6) is 0 Å². The molecule has 0 spiro atoms.